The summed E-state index contributed by atoms with van der Waals surface area (Å²) in [6.07, 6.45) is 7.45. The Balaban J connectivity index is 1.51. The minimum Gasteiger partial charge on any atom is -0.495 e. The fraction of sp³-hybridized carbons (Fsp3) is 0.364. The summed E-state index contributed by atoms with van der Waals surface area (Å²) in [5.74, 6) is 0.659. The molecule has 9 heteroatoms. The van der Waals surface area contributed by atoms with E-state index >= 15 is 0 Å². The van der Waals surface area contributed by atoms with E-state index in [2.05, 4.69) is 10.2 Å². The molecule has 0 bridgehead atoms. The van der Waals surface area contributed by atoms with Crippen molar-refractivity contribution in [1.82, 2.24) is 10.2 Å². The van der Waals surface area contributed by atoms with Crippen LogP contribution in [-0.4, -0.2) is 50.5 Å². The third kappa shape index (κ3) is 3.63. The van der Waals surface area contributed by atoms with Gasteiger partial charge >= 0.3 is 0 Å². The molecular formula is C22H24N4O4S. The van der Waals surface area contributed by atoms with E-state index in [4.69, 9.17) is 15.5 Å². The van der Waals surface area contributed by atoms with Gasteiger partial charge in [0.05, 0.1) is 16.3 Å². The predicted octanol–water partition coefficient (Wildman–Crippen LogP) is 1.42. The first-order valence-corrected chi connectivity index (χ1v) is 12.2. The number of hydrogen-bond acceptors (Lipinski definition) is 7. The molecule has 1 amide bonds. The summed E-state index contributed by atoms with van der Waals surface area (Å²) in [7, 11) is -3.26. The van der Waals surface area contributed by atoms with Crippen molar-refractivity contribution in [3.8, 4) is 0 Å². The van der Waals surface area contributed by atoms with Crippen LogP contribution in [0.5, 0.6) is 0 Å². The van der Waals surface area contributed by atoms with Gasteiger partial charge in [0.25, 0.3) is 0 Å². The molecule has 4 aliphatic rings. The summed E-state index contributed by atoms with van der Waals surface area (Å²) in [6, 6.07) is 6.35. The zero-order valence-electron chi connectivity index (χ0n) is 17.2. The van der Waals surface area contributed by atoms with Crippen LogP contribution < -0.4 is 11.1 Å². The van der Waals surface area contributed by atoms with Crippen molar-refractivity contribution in [2.24, 2.45) is 16.6 Å². The molecule has 3 N–H and O–H groups in total. The van der Waals surface area contributed by atoms with Gasteiger partial charge in [-0.2, -0.15) is 0 Å². The van der Waals surface area contributed by atoms with Crippen LogP contribution in [0.3, 0.4) is 0 Å². The van der Waals surface area contributed by atoms with Crippen molar-refractivity contribution in [1.29, 1.82) is 0 Å². The van der Waals surface area contributed by atoms with Gasteiger partial charge in [-0.25, -0.2) is 13.4 Å². The number of rotatable bonds is 6. The number of nitrogens with zero attached hydrogens (tertiary/aromatic N) is 2. The van der Waals surface area contributed by atoms with Gasteiger partial charge in [0.2, 0.25) is 5.91 Å². The predicted molar refractivity (Wildman–Crippen MR) is 115 cm³/mol. The van der Waals surface area contributed by atoms with Gasteiger partial charge in [-0.15, -0.1) is 0 Å². The van der Waals surface area contributed by atoms with Crippen molar-refractivity contribution in [3.05, 3.63) is 64.8 Å². The number of amides is 1. The van der Waals surface area contributed by atoms with Crippen LogP contribution in [0, 0.1) is 5.92 Å². The molecule has 3 aliphatic heterocycles. The Labute approximate surface area is 181 Å². The normalized spacial score (nSPS) is 21.3. The highest BCUT2D eigenvalue weighted by molar-refractivity contribution is 7.90. The number of amidine groups is 1. The molecule has 1 fully saturated rings. The van der Waals surface area contributed by atoms with Gasteiger partial charge in [-0.3, -0.25) is 4.79 Å². The average Bonchev–Trinajstić information content (AvgIpc) is 3.50. The molecule has 1 atom stereocenters. The van der Waals surface area contributed by atoms with Crippen molar-refractivity contribution < 1.29 is 17.9 Å². The highest BCUT2D eigenvalue weighted by Gasteiger charge is 2.39. The summed E-state index contributed by atoms with van der Waals surface area (Å²) in [5, 5.41) is 3.30. The third-order valence-corrected chi connectivity index (χ3v) is 7.20. The Morgan fingerprint density at radius 2 is 2.03 bits per heavy atom. The van der Waals surface area contributed by atoms with Crippen LogP contribution in [0.2, 0.25) is 0 Å². The van der Waals surface area contributed by atoms with Crippen LogP contribution in [0.1, 0.15) is 24.8 Å². The van der Waals surface area contributed by atoms with Crippen LogP contribution in [0.4, 0.5) is 0 Å². The molecule has 1 saturated carbocycles. The van der Waals surface area contributed by atoms with Crippen molar-refractivity contribution >= 4 is 21.6 Å². The van der Waals surface area contributed by atoms with Gasteiger partial charge in [-0.1, -0.05) is 0 Å². The van der Waals surface area contributed by atoms with Crippen LogP contribution >= 0.6 is 0 Å². The van der Waals surface area contributed by atoms with Gasteiger partial charge in [-0.05, 0) is 55.0 Å². The maximum absolute atomic E-state index is 12.0. The Kier molecular flexibility index (Phi) is 4.65. The van der Waals surface area contributed by atoms with E-state index in [-0.39, 0.29) is 16.7 Å². The molecule has 0 radical (unpaired) electrons. The molecule has 0 saturated heterocycles. The largest absolute Gasteiger partial charge is 0.495 e. The zero-order valence-corrected chi connectivity index (χ0v) is 18.0. The van der Waals surface area contributed by atoms with E-state index in [0.29, 0.717) is 12.3 Å². The summed E-state index contributed by atoms with van der Waals surface area (Å²) in [4.78, 5) is 19.1. The standard InChI is InChI=1S/C22H24N4O4S/c1-31(28,29)16-6-4-14(5-7-16)22-24-10-17-18(25-19(21(23)27)13-2-3-13)12-30-11-15-8-9-26(22)20(15)17/h4-7,10,12-13,19,25H,2-3,8-9,11H2,1H3,(H2,23,27). The number of ether oxygens (including phenoxy) is 1. The average molecular weight is 441 g/mol. The molecule has 5 rings (SSSR count). The van der Waals surface area contributed by atoms with Crippen molar-refractivity contribution in [2.45, 2.75) is 30.2 Å². The molecular weight excluding hydrogens is 416 g/mol. The highest BCUT2D eigenvalue weighted by atomic mass is 32.2. The zero-order chi connectivity index (χ0) is 21.8. The van der Waals surface area contributed by atoms with Crippen LogP contribution in [0.15, 0.2) is 69.2 Å². The molecule has 0 aromatic heterocycles. The number of aliphatic imine (C=N–C) groups is 1. The second kappa shape index (κ2) is 7.26. The minimum absolute atomic E-state index is 0.256. The number of primary amides is 1. The summed E-state index contributed by atoms with van der Waals surface area (Å²) in [5.41, 5.74) is 10.3. The van der Waals surface area contributed by atoms with E-state index < -0.39 is 15.9 Å². The third-order valence-electron chi connectivity index (χ3n) is 6.07. The summed E-state index contributed by atoms with van der Waals surface area (Å²) >= 11 is 0. The van der Waals surface area contributed by atoms with E-state index in [9.17, 15) is 13.2 Å². The van der Waals surface area contributed by atoms with E-state index in [1.165, 1.54) is 11.8 Å². The number of sulfone groups is 1. The molecule has 162 valence electrons. The van der Waals surface area contributed by atoms with Crippen molar-refractivity contribution in [3.63, 3.8) is 0 Å². The highest BCUT2D eigenvalue weighted by Crippen LogP contribution is 2.39. The Morgan fingerprint density at radius 3 is 2.68 bits per heavy atom. The Hall–Kier alpha value is -3.07. The quantitative estimate of drug-likeness (QED) is 0.692. The lowest BCUT2D eigenvalue weighted by Gasteiger charge is -2.30. The smallest absolute Gasteiger partial charge is 0.240 e. The molecule has 1 unspecified atom stereocenters. The number of carbonyl (C=O) groups excluding carboxylic acids is 1. The Morgan fingerprint density at radius 1 is 1.29 bits per heavy atom. The molecule has 8 nitrogen and oxygen atoms in total. The molecule has 31 heavy (non-hydrogen) atoms. The van der Waals surface area contributed by atoms with E-state index in [1.807, 2.05) is 0 Å². The Bertz CT molecular complexity index is 1170. The fourth-order valence-electron chi connectivity index (χ4n) is 4.31. The lowest BCUT2D eigenvalue weighted by molar-refractivity contribution is -0.120. The molecule has 0 spiro atoms. The lowest BCUT2D eigenvalue weighted by Crippen LogP contribution is -2.43. The van der Waals surface area contributed by atoms with Gasteiger partial charge in [0, 0.05) is 30.1 Å². The maximum Gasteiger partial charge on any atom is 0.240 e. The van der Waals surface area contributed by atoms with Crippen LogP contribution in [-0.2, 0) is 19.4 Å². The number of hydrogen-bond donors (Lipinski definition) is 2. The number of nitrogens with one attached hydrogen (secondary N) is 1. The van der Waals surface area contributed by atoms with E-state index in [1.54, 1.807) is 36.7 Å². The monoisotopic (exact) mass is 440 g/mol. The molecule has 3 heterocycles. The van der Waals surface area contributed by atoms with Crippen molar-refractivity contribution in [2.75, 3.05) is 19.4 Å². The molecule has 1 aromatic carbocycles. The lowest BCUT2D eigenvalue weighted by atomic mass is 10.0. The van der Waals surface area contributed by atoms with Crippen LogP contribution in [0.25, 0.3) is 0 Å². The molecule has 1 aromatic rings. The SMILES string of the molecule is CS(=O)(=O)c1ccc(C2=NC=C3C(NC(C(N)=O)C4CC4)=COCC4=C3N2CC4)cc1. The van der Waals surface area contributed by atoms with Gasteiger partial charge < -0.3 is 20.7 Å². The summed E-state index contributed by atoms with van der Waals surface area (Å²) < 4.78 is 29.3. The first kappa shape index (κ1) is 19.9. The second-order valence-corrected chi connectivity index (χ2v) is 10.4. The maximum atomic E-state index is 12.0. The van der Waals surface area contributed by atoms with Gasteiger partial charge in [0.1, 0.15) is 24.7 Å². The fourth-order valence-corrected chi connectivity index (χ4v) is 4.94. The number of benzene rings is 1. The summed E-state index contributed by atoms with van der Waals surface area (Å²) in [6.45, 7) is 1.23. The number of carbonyl (C=O) groups is 1. The first-order valence-electron chi connectivity index (χ1n) is 10.3. The topological polar surface area (TPSA) is 114 Å². The van der Waals surface area contributed by atoms with E-state index in [0.717, 1.165) is 48.5 Å². The van der Waals surface area contributed by atoms with Gasteiger partial charge in [0.15, 0.2) is 9.84 Å². The first-order chi connectivity index (χ1) is 14.8. The second-order valence-electron chi connectivity index (χ2n) is 8.35. The number of nitrogens with two attached hydrogens (primary N) is 1. The molecule has 1 aliphatic carbocycles. The minimum atomic E-state index is -3.26.